The Bertz CT molecular complexity index is 486. The molecule has 2 unspecified atom stereocenters. The monoisotopic (exact) mass is 408 g/mol. The zero-order valence-corrected chi connectivity index (χ0v) is 17.4. The highest BCUT2D eigenvalue weighted by Gasteiger charge is 2.40. The molecule has 6 nitrogen and oxygen atoms in total. The van der Waals surface area contributed by atoms with Crippen molar-refractivity contribution < 1.29 is 9.59 Å². The van der Waals surface area contributed by atoms with Crippen molar-refractivity contribution >= 4 is 36.6 Å². The molecular weight excluding hydrogens is 375 g/mol. The number of carbonyl (C=O) groups excluding carboxylic acids is 2. The highest BCUT2D eigenvalue weighted by molar-refractivity contribution is 5.89. The summed E-state index contributed by atoms with van der Waals surface area (Å²) in [7, 11) is 0. The summed E-state index contributed by atoms with van der Waals surface area (Å²) in [6.45, 7) is 6.19. The van der Waals surface area contributed by atoms with Crippen LogP contribution in [0.4, 0.5) is 0 Å². The van der Waals surface area contributed by atoms with E-state index in [9.17, 15) is 9.59 Å². The van der Waals surface area contributed by atoms with Gasteiger partial charge in [-0.05, 0) is 38.8 Å². The van der Waals surface area contributed by atoms with E-state index in [1.54, 1.807) is 0 Å². The smallest absolute Gasteiger partial charge is 0.225 e. The summed E-state index contributed by atoms with van der Waals surface area (Å²) in [6.07, 6.45) is 6.91. The predicted octanol–water partition coefficient (Wildman–Crippen LogP) is 1.55. The number of amides is 2. The molecule has 3 N–H and O–H groups in total. The van der Waals surface area contributed by atoms with E-state index in [4.69, 9.17) is 5.73 Å². The van der Waals surface area contributed by atoms with Crippen molar-refractivity contribution in [1.82, 2.24) is 15.1 Å². The van der Waals surface area contributed by atoms with E-state index in [0.29, 0.717) is 25.6 Å². The van der Waals surface area contributed by atoms with E-state index >= 15 is 0 Å². The topological polar surface area (TPSA) is 78.7 Å². The molecule has 3 aliphatic rings. The molecular formula is C18H34Cl2N4O2. The maximum atomic E-state index is 12.7. The van der Waals surface area contributed by atoms with Crippen LogP contribution < -0.4 is 11.1 Å². The lowest BCUT2D eigenvalue weighted by atomic mass is 9.96. The summed E-state index contributed by atoms with van der Waals surface area (Å²) in [4.78, 5) is 29.4. The van der Waals surface area contributed by atoms with Gasteiger partial charge in [0.05, 0.1) is 11.5 Å². The van der Waals surface area contributed by atoms with Crippen LogP contribution in [0.15, 0.2) is 0 Å². The Morgan fingerprint density at radius 2 is 1.96 bits per heavy atom. The third-order valence-electron chi connectivity index (χ3n) is 6.26. The lowest BCUT2D eigenvalue weighted by Gasteiger charge is -2.30. The third kappa shape index (κ3) is 5.03. The summed E-state index contributed by atoms with van der Waals surface area (Å²) in [5, 5.41) is 3.19. The van der Waals surface area contributed by atoms with Crippen molar-refractivity contribution in [3.05, 3.63) is 0 Å². The minimum Gasteiger partial charge on any atom is -0.349 e. The van der Waals surface area contributed by atoms with Gasteiger partial charge in [0, 0.05) is 32.1 Å². The molecule has 2 saturated heterocycles. The van der Waals surface area contributed by atoms with Gasteiger partial charge in [0.1, 0.15) is 0 Å². The maximum Gasteiger partial charge on any atom is 0.225 e. The number of hydrogen-bond donors (Lipinski definition) is 2. The summed E-state index contributed by atoms with van der Waals surface area (Å²) < 4.78 is 0. The van der Waals surface area contributed by atoms with Gasteiger partial charge in [-0.25, -0.2) is 0 Å². The van der Waals surface area contributed by atoms with Gasteiger partial charge in [0.2, 0.25) is 11.8 Å². The first-order chi connectivity index (χ1) is 11.6. The zero-order chi connectivity index (χ0) is 17.2. The number of likely N-dealkylation sites (tertiary alicyclic amines) is 2. The van der Waals surface area contributed by atoms with E-state index in [2.05, 4.69) is 17.1 Å². The number of rotatable bonds is 6. The lowest BCUT2D eigenvalue weighted by molar-refractivity contribution is -0.129. The Morgan fingerprint density at radius 1 is 1.27 bits per heavy atom. The van der Waals surface area contributed by atoms with Crippen LogP contribution in [0.2, 0.25) is 0 Å². The molecule has 0 bridgehead atoms. The second-order valence-corrected chi connectivity index (χ2v) is 7.81. The van der Waals surface area contributed by atoms with Gasteiger partial charge in [-0.1, -0.05) is 19.8 Å². The van der Waals surface area contributed by atoms with Crippen LogP contribution >= 0.6 is 24.8 Å². The summed E-state index contributed by atoms with van der Waals surface area (Å²) in [6, 6.07) is 0.464. The first kappa shape index (κ1) is 23.5. The average Bonchev–Trinajstić information content (AvgIpc) is 3.29. The van der Waals surface area contributed by atoms with Crippen molar-refractivity contribution in [1.29, 1.82) is 0 Å². The molecule has 2 atom stereocenters. The molecule has 152 valence electrons. The molecule has 3 rings (SSSR count). The number of carbonyl (C=O) groups is 2. The van der Waals surface area contributed by atoms with Crippen molar-refractivity contribution in [2.45, 2.75) is 63.5 Å². The molecule has 0 aromatic carbocycles. The first-order valence-corrected chi connectivity index (χ1v) is 9.61. The van der Waals surface area contributed by atoms with E-state index in [0.717, 1.165) is 51.7 Å². The van der Waals surface area contributed by atoms with Crippen molar-refractivity contribution in [2.24, 2.45) is 11.7 Å². The second kappa shape index (κ2) is 10.1. The van der Waals surface area contributed by atoms with Crippen LogP contribution in [0.25, 0.3) is 0 Å². The van der Waals surface area contributed by atoms with E-state index in [1.807, 2.05) is 4.90 Å². The van der Waals surface area contributed by atoms with Crippen LogP contribution in [0.5, 0.6) is 0 Å². The molecule has 3 fully saturated rings. The minimum absolute atomic E-state index is 0. The SMILES string of the molecule is CCN1CCCC1CN1CC(C(=O)NC2(CN)CCCC2)CC1=O.Cl.Cl. The fraction of sp³-hybridized carbons (Fsp3) is 0.889. The molecule has 2 aliphatic heterocycles. The van der Waals surface area contributed by atoms with Crippen molar-refractivity contribution in [2.75, 3.05) is 32.7 Å². The largest absolute Gasteiger partial charge is 0.349 e. The Morgan fingerprint density at radius 3 is 2.58 bits per heavy atom. The number of nitrogens with two attached hydrogens (primary N) is 1. The molecule has 0 aromatic heterocycles. The molecule has 0 spiro atoms. The number of nitrogens with one attached hydrogen (secondary N) is 1. The number of nitrogens with zero attached hydrogens (tertiary/aromatic N) is 2. The fourth-order valence-corrected chi connectivity index (χ4v) is 4.69. The van der Waals surface area contributed by atoms with Crippen molar-refractivity contribution in [3.63, 3.8) is 0 Å². The fourth-order valence-electron chi connectivity index (χ4n) is 4.69. The standard InChI is InChI=1S/C18H32N4O2.2ClH/c1-2-21-9-5-6-15(21)12-22-11-14(10-16(22)23)17(24)20-18(13-19)7-3-4-8-18;;/h14-15H,2-13,19H2,1H3,(H,20,24);2*1H. The van der Waals surface area contributed by atoms with E-state index in [-0.39, 0.29) is 48.1 Å². The molecule has 2 heterocycles. The van der Waals surface area contributed by atoms with Gasteiger partial charge in [0.15, 0.2) is 0 Å². The van der Waals surface area contributed by atoms with Gasteiger partial charge >= 0.3 is 0 Å². The summed E-state index contributed by atoms with van der Waals surface area (Å²) in [5.74, 6) is -0.0544. The van der Waals surface area contributed by atoms with Crippen molar-refractivity contribution in [3.8, 4) is 0 Å². The molecule has 0 radical (unpaired) electrons. The second-order valence-electron chi connectivity index (χ2n) is 7.81. The third-order valence-corrected chi connectivity index (χ3v) is 6.26. The highest BCUT2D eigenvalue weighted by atomic mass is 35.5. The average molecular weight is 409 g/mol. The lowest BCUT2D eigenvalue weighted by Crippen LogP contribution is -2.53. The molecule has 26 heavy (non-hydrogen) atoms. The summed E-state index contributed by atoms with van der Waals surface area (Å²) >= 11 is 0. The first-order valence-electron chi connectivity index (χ1n) is 9.61. The van der Waals surface area contributed by atoms with Gasteiger partial charge < -0.3 is 16.0 Å². The predicted molar refractivity (Wildman–Crippen MR) is 108 cm³/mol. The highest BCUT2D eigenvalue weighted by Crippen LogP contribution is 2.30. The Hall–Kier alpha value is -0.560. The van der Waals surface area contributed by atoms with Crippen LogP contribution in [-0.4, -0.2) is 65.9 Å². The van der Waals surface area contributed by atoms with Crippen LogP contribution in [0.3, 0.4) is 0 Å². The van der Waals surface area contributed by atoms with Crippen LogP contribution in [0, 0.1) is 5.92 Å². The summed E-state index contributed by atoms with van der Waals surface area (Å²) in [5.41, 5.74) is 5.69. The molecule has 0 aromatic rings. The van der Waals surface area contributed by atoms with Gasteiger partial charge in [0.25, 0.3) is 0 Å². The van der Waals surface area contributed by atoms with Gasteiger partial charge in [-0.3, -0.25) is 14.5 Å². The van der Waals surface area contributed by atoms with E-state index < -0.39 is 0 Å². The molecule has 8 heteroatoms. The number of halogens is 2. The molecule has 1 aliphatic carbocycles. The number of hydrogen-bond acceptors (Lipinski definition) is 4. The normalized spacial score (nSPS) is 27.9. The van der Waals surface area contributed by atoms with Gasteiger partial charge in [-0.15, -0.1) is 24.8 Å². The maximum absolute atomic E-state index is 12.7. The Kier molecular flexibility index (Phi) is 9.13. The zero-order valence-electron chi connectivity index (χ0n) is 15.7. The van der Waals surface area contributed by atoms with E-state index in [1.165, 1.54) is 6.42 Å². The quantitative estimate of drug-likeness (QED) is 0.698. The molecule has 2 amide bonds. The van der Waals surface area contributed by atoms with Crippen LogP contribution in [-0.2, 0) is 9.59 Å². The minimum atomic E-state index is -0.224. The van der Waals surface area contributed by atoms with Crippen LogP contribution in [0.1, 0.15) is 51.9 Å². The Balaban J connectivity index is 0.00000169. The molecule has 1 saturated carbocycles. The van der Waals surface area contributed by atoms with Gasteiger partial charge in [-0.2, -0.15) is 0 Å². The Labute approximate surface area is 169 Å². The number of likely N-dealkylation sites (N-methyl/N-ethyl adjacent to an activating group) is 1.